The van der Waals surface area contributed by atoms with Crippen LogP contribution in [0.25, 0.3) is 6.08 Å². The summed E-state index contributed by atoms with van der Waals surface area (Å²) >= 11 is 5.43. The molecule has 1 saturated heterocycles. The second kappa shape index (κ2) is 6.33. The van der Waals surface area contributed by atoms with Gasteiger partial charge in [0.1, 0.15) is 11.9 Å². The van der Waals surface area contributed by atoms with E-state index in [0.717, 1.165) is 10.1 Å². The molecule has 3 N–H and O–H groups in total. The first-order valence-corrected chi connectivity index (χ1v) is 6.33. The van der Waals surface area contributed by atoms with Gasteiger partial charge < -0.3 is 15.6 Å². The van der Waals surface area contributed by atoms with E-state index in [4.69, 9.17) is 27.2 Å². The molecule has 0 aromatic carbocycles. The van der Waals surface area contributed by atoms with Gasteiger partial charge in [-0.05, 0) is 6.08 Å². The number of aliphatic hydroxyl groups excluding tert-OH is 1. The number of halogens is 3. The van der Waals surface area contributed by atoms with Crippen LogP contribution in [0, 0.1) is 0 Å². The molecule has 1 aliphatic heterocycles. The molecule has 6 nitrogen and oxygen atoms in total. The molecule has 0 aliphatic carbocycles. The van der Waals surface area contributed by atoms with Crippen molar-refractivity contribution in [2.45, 2.75) is 18.5 Å². The van der Waals surface area contributed by atoms with Crippen molar-refractivity contribution in [2.24, 2.45) is 0 Å². The van der Waals surface area contributed by atoms with E-state index in [1.54, 1.807) is 0 Å². The summed E-state index contributed by atoms with van der Waals surface area (Å²) in [6.45, 7) is -0.613. The molecule has 3 atom stereocenters. The molecule has 2 heterocycles. The fraction of sp³-hybridized carbons (Fsp3) is 0.333. The Morgan fingerprint density at radius 2 is 2.33 bits per heavy atom. The number of hydrogen-bond acceptors (Lipinski definition) is 5. The summed E-state index contributed by atoms with van der Waals surface area (Å²) in [5.74, 6) is -0.0819. The summed E-state index contributed by atoms with van der Waals surface area (Å²) in [6, 6.07) is 0. The van der Waals surface area contributed by atoms with E-state index in [1.807, 2.05) is 0 Å². The van der Waals surface area contributed by atoms with E-state index in [9.17, 15) is 13.6 Å². The number of hydrogen-bond donors (Lipinski definition) is 2. The lowest BCUT2D eigenvalue weighted by Crippen LogP contribution is -2.31. The minimum Gasteiger partial charge on any atom is -0.393 e. The van der Waals surface area contributed by atoms with Crippen molar-refractivity contribution in [3.63, 3.8) is 0 Å². The molecule has 0 radical (unpaired) electrons. The van der Waals surface area contributed by atoms with E-state index in [-0.39, 0.29) is 23.3 Å². The second-order valence-electron chi connectivity index (χ2n) is 4.27. The van der Waals surface area contributed by atoms with Crippen molar-refractivity contribution in [1.82, 2.24) is 9.55 Å². The predicted octanol–water partition coefficient (Wildman–Crippen LogP) is 1.12. The maximum atomic E-state index is 14.2. The van der Waals surface area contributed by atoms with Gasteiger partial charge in [-0.2, -0.15) is 4.98 Å². The zero-order chi connectivity index (χ0) is 15.6. The molecule has 1 aliphatic rings. The number of aliphatic hydroxyl groups is 1. The zero-order valence-electron chi connectivity index (χ0n) is 10.6. The normalized spacial score (nSPS) is 27.8. The van der Waals surface area contributed by atoms with E-state index in [1.165, 1.54) is 12.3 Å². The van der Waals surface area contributed by atoms with Crippen molar-refractivity contribution < 1.29 is 18.6 Å². The highest BCUT2D eigenvalue weighted by atomic mass is 35.5. The van der Waals surface area contributed by atoms with Crippen LogP contribution in [0.5, 0.6) is 0 Å². The van der Waals surface area contributed by atoms with Gasteiger partial charge in [-0.15, -0.1) is 0 Å². The highest BCUT2D eigenvalue weighted by Gasteiger charge is 2.42. The second-order valence-corrected chi connectivity index (χ2v) is 4.52. The molecule has 1 aromatic rings. The molecule has 1 aromatic heterocycles. The van der Waals surface area contributed by atoms with Crippen molar-refractivity contribution >= 4 is 23.5 Å². The Kier molecular flexibility index (Phi) is 4.71. The van der Waals surface area contributed by atoms with Crippen LogP contribution in [-0.2, 0) is 4.74 Å². The van der Waals surface area contributed by atoms with Crippen LogP contribution in [0.2, 0.25) is 0 Å². The third-order valence-electron chi connectivity index (χ3n) is 3.06. The number of aromatic nitrogens is 2. The molecule has 0 spiro atoms. The standard InChI is InChI=1S/C12H12ClF2N3O3/c13-2-1-6-4-18(12(20)17-10(6)16)11-9(15)7(3-14)8(5-19)21-11/h1-4,8-9,11,19H,5H2,(H2,16,17,20). The molecular formula is C12H12ClF2N3O3. The van der Waals surface area contributed by atoms with E-state index >= 15 is 0 Å². The van der Waals surface area contributed by atoms with Crippen molar-refractivity contribution in [1.29, 1.82) is 0 Å². The van der Waals surface area contributed by atoms with Crippen LogP contribution >= 0.6 is 11.6 Å². The quantitative estimate of drug-likeness (QED) is 0.871. The van der Waals surface area contributed by atoms with Crippen molar-refractivity contribution in [3.05, 3.63) is 39.7 Å². The van der Waals surface area contributed by atoms with E-state index in [2.05, 4.69) is 4.98 Å². The number of nitrogens with zero attached hydrogens (tertiary/aromatic N) is 2. The van der Waals surface area contributed by atoms with Crippen LogP contribution < -0.4 is 11.4 Å². The number of alkyl halides is 1. The first-order valence-electron chi connectivity index (χ1n) is 5.89. The molecule has 21 heavy (non-hydrogen) atoms. The molecule has 0 amide bonds. The third kappa shape index (κ3) is 2.82. The summed E-state index contributed by atoms with van der Waals surface area (Å²) in [5, 5.41) is 9.05. The average molecular weight is 320 g/mol. The molecule has 114 valence electrons. The lowest BCUT2D eigenvalue weighted by atomic mass is 10.1. The molecular weight excluding hydrogens is 308 g/mol. The van der Waals surface area contributed by atoms with Crippen LogP contribution in [0.1, 0.15) is 11.8 Å². The zero-order valence-corrected chi connectivity index (χ0v) is 11.4. The van der Waals surface area contributed by atoms with Crippen LogP contribution in [0.15, 0.2) is 28.4 Å². The minimum absolute atomic E-state index is 0.0287. The SMILES string of the molecule is Nc1nc(=O)n(C2OC(CO)C(=CF)C2F)cc1C=CCl. The van der Waals surface area contributed by atoms with Gasteiger partial charge in [-0.3, -0.25) is 4.57 Å². The maximum absolute atomic E-state index is 14.2. The Labute approximate surface area is 123 Å². The van der Waals surface area contributed by atoms with E-state index in [0.29, 0.717) is 0 Å². The summed E-state index contributed by atoms with van der Waals surface area (Å²) in [4.78, 5) is 15.3. The van der Waals surface area contributed by atoms with Crippen molar-refractivity contribution in [3.8, 4) is 0 Å². The molecule has 9 heteroatoms. The first-order chi connectivity index (χ1) is 10.0. The average Bonchev–Trinajstić information content (AvgIpc) is 2.78. The first kappa shape index (κ1) is 15.6. The van der Waals surface area contributed by atoms with Gasteiger partial charge in [0.2, 0.25) is 0 Å². The Balaban J connectivity index is 2.47. The van der Waals surface area contributed by atoms with Gasteiger partial charge in [0.25, 0.3) is 0 Å². The summed E-state index contributed by atoms with van der Waals surface area (Å²) < 4.78 is 32.9. The maximum Gasteiger partial charge on any atom is 0.351 e. The molecule has 0 saturated carbocycles. The van der Waals surface area contributed by atoms with Gasteiger partial charge in [0, 0.05) is 22.9 Å². The van der Waals surface area contributed by atoms with E-state index < -0.39 is 30.8 Å². The Morgan fingerprint density at radius 3 is 2.86 bits per heavy atom. The van der Waals surface area contributed by atoms with Gasteiger partial charge in [0.15, 0.2) is 12.4 Å². The topological polar surface area (TPSA) is 90.4 Å². The van der Waals surface area contributed by atoms with Crippen molar-refractivity contribution in [2.75, 3.05) is 12.3 Å². The Morgan fingerprint density at radius 1 is 1.62 bits per heavy atom. The largest absolute Gasteiger partial charge is 0.393 e. The number of anilines is 1. The van der Waals surface area contributed by atoms with Gasteiger partial charge in [-0.1, -0.05) is 11.6 Å². The fourth-order valence-corrected chi connectivity index (χ4v) is 2.15. The summed E-state index contributed by atoms with van der Waals surface area (Å²) in [7, 11) is 0. The monoisotopic (exact) mass is 319 g/mol. The summed E-state index contributed by atoms with van der Waals surface area (Å²) in [5.41, 5.74) is 5.73. The smallest absolute Gasteiger partial charge is 0.351 e. The highest BCUT2D eigenvalue weighted by molar-refractivity contribution is 6.27. The Hall–Kier alpha value is -1.77. The van der Waals surface area contributed by atoms with Crippen LogP contribution in [0.3, 0.4) is 0 Å². The molecule has 1 fully saturated rings. The fourth-order valence-electron chi connectivity index (χ4n) is 2.02. The van der Waals surface area contributed by atoms with Gasteiger partial charge >= 0.3 is 5.69 Å². The minimum atomic E-state index is -1.93. The number of nitrogens with two attached hydrogens (primary N) is 1. The van der Waals surface area contributed by atoms with Crippen LogP contribution in [0.4, 0.5) is 14.6 Å². The predicted molar refractivity (Wildman–Crippen MR) is 72.9 cm³/mol. The number of nitrogen functional groups attached to an aromatic ring is 1. The lowest BCUT2D eigenvalue weighted by molar-refractivity contribution is -0.0375. The highest BCUT2D eigenvalue weighted by Crippen LogP contribution is 2.35. The molecule has 3 unspecified atom stereocenters. The number of rotatable bonds is 3. The third-order valence-corrected chi connectivity index (χ3v) is 3.19. The number of ether oxygens (including phenoxy) is 1. The van der Waals surface area contributed by atoms with Crippen LogP contribution in [-0.4, -0.2) is 33.5 Å². The lowest BCUT2D eigenvalue weighted by Gasteiger charge is -2.16. The molecule has 0 bridgehead atoms. The Bertz CT molecular complexity index is 647. The summed E-state index contributed by atoms with van der Waals surface area (Å²) in [6.07, 6.45) is -1.93. The van der Waals surface area contributed by atoms with Gasteiger partial charge in [-0.25, -0.2) is 13.6 Å². The molecule has 2 rings (SSSR count). The van der Waals surface area contributed by atoms with Gasteiger partial charge in [0.05, 0.1) is 12.9 Å².